The predicted molar refractivity (Wildman–Crippen MR) is 115 cm³/mol. The normalized spacial score (nSPS) is 12.6. The summed E-state index contributed by atoms with van der Waals surface area (Å²) >= 11 is 0. The van der Waals surface area contributed by atoms with Crippen LogP contribution in [0.4, 0.5) is 0 Å². The molecule has 0 aliphatic carbocycles. The van der Waals surface area contributed by atoms with Gasteiger partial charge in [-0.1, -0.05) is 76.2 Å². The molecule has 3 N–H and O–H groups in total. The maximum absolute atomic E-state index is 11.6. The smallest absolute Gasteiger partial charge is 0.328 e. The molecule has 0 radical (unpaired) electrons. The lowest BCUT2D eigenvalue weighted by Crippen LogP contribution is -2.43. The Balaban J connectivity index is 3.38. The Bertz CT molecular complexity index is 446. The van der Waals surface area contributed by atoms with E-state index in [2.05, 4.69) is 36.5 Å². The zero-order valence-corrected chi connectivity index (χ0v) is 17.7. The van der Waals surface area contributed by atoms with Crippen molar-refractivity contribution >= 4 is 11.9 Å². The average molecular weight is 396 g/mol. The van der Waals surface area contributed by atoms with Crippen molar-refractivity contribution in [2.75, 3.05) is 6.61 Å². The molecule has 0 aromatic carbocycles. The molecule has 1 amide bonds. The fraction of sp³-hybridized carbons (Fsp3) is 0.739. The van der Waals surface area contributed by atoms with Crippen LogP contribution in [0.15, 0.2) is 24.3 Å². The molecule has 0 bridgehead atoms. The van der Waals surface area contributed by atoms with Crippen LogP contribution in [0.5, 0.6) is 0 Å². The molecule has 162 valence electrons. The van der Waals surface area contributed by atoms with E-state index in [9.17, 15) is 9.59 Å². The minimum atomic E-state index is -1.20. The van der Waals surface area contributed by atoms with Crippen LogP contribution < -0.4 is 5.32 Å². The van der Waals surface area contributed by atoms with E-state index in [1.807, 2.05) is 0 Å². The van der Waals surface area contributed by atoms with Crippen LogP contribution in [0, 0.1) is 0 Å². The third kappa shape index (κ3) is 17.8. The number of unbranched alkanes of at least 4 members (excludes halogenated alkanes) is 10. The number of aliphatic carboxylic acids is 1. The molecule has 0 unspecified atom stereocenters. The molecule has 0 saturated carbocycles. The summed E-state index contributed by atoms with van der Waals surface area (Å²) in [7, 11) is 0. The van der Waals surface area contributed by atoms with Gasteiger partial charge in [-0.15, -0.1) is 0 Å². The van der Waals surface area contributed by atoms with Crippen LogP contribution in [0.25, 0.3) is 0 Å². The number of carboxylic acids is 1. The van der Waals surface area contributed by atoms with Gasteiger partial charge >= 0.3 is 5.97 Å². The third-order valence-electron chi connectivity index (χ3n) is 4.67. The summed E-state index contributed by atoms with van der Waals surface area (Å²) in [5.74, 6) is -1.51. The van der Waals surface area contributed by atoms with E-state index in [1.54, 1.807) is 0 Å². The van der Waals surface area contributed by atoms with Gasteiger partial charge in [0.1, 0.15) is 6.04 Å². The minimum Gasteiger partial charge on any atom is -0.480 e. The first-order chi connectivity index (χ1) is 13.6. The van der Waals surface area contributed by atoms with Gasteiger partial charge in [0.2, 0.25) is 5.91 Å². The van der Waals surface area contributed by atoms with Crippen LogP contribution in [0.1, 0.15) is 96.8 Å². The number of aliphatic hydroxyl groups is 1. The summed E-state index contributed by atoms with van der Waals surface area (Å²) in [4.78, 5) is 22.3. The highest BCUT2D eigenvalue weighted by Crippen LogP contribution is 2.10. The molecule has 0 saturated heterocycles. The maximum Gasteiger partial charge on any atom is 0.328 e. The van der Waals surface area contributed by atoms with Gasteiger partial charge in [-0.05, 0) is 38.5 Å². The summed E-state index contributed by atoms with van der Waals surface area (Å²) < 4.78 is 0. The number of hydrogen-bond acceptors (Lipinski definition) is 3. The van der Waals surface area contributed by atoms with Gasteiger partial charge in [0.15, 0.2) is 0 Å². The van der Waals surface area contributed by atoms with E-state index in [0.29, 0.717) is 6.42 Å². The highest BCUT2D eigenvalue weighted by Gasteiger charge is 2.17. The van der Waals surface area contributed by atoms with Crippen molar-refractivity contribution in [3.05, 3.63) is 24.3 Å². The van der Waals surface area contributed by atoms with E-state index in [1.165, 1.54) is 51.4 Å². The van der Waals surface area contributed by atoms with Crippen molar-refractivity contribution in [1.29, 1.82) is 0 Å². The van der Waals surface area contributed by atoms with Crippen LogP contribution >= 0.6 is 0 Å². The van der Waals surface area contributed by atoms with Gasteiger partial charge in [0.05, 0.1) is 6.61 Å². The molecular formula is C23H41NO4. The Morgan fingerprint density at radius 1 is 0.821 bits per heavy atom. The second-order valence-electron chi connectivity index (χ2n) is 7.33. The standard InChI is InChI=1S/C23H41NO4/c1-2-3-4-5-6-7-8-9-10-11-12-13-14-15-16-17-18-19-22(26)24-21(20-25)23(27)28/h6-7,9-10,21,25H,2-5,8,11-20H2,1H3,(H,24,26)(H,27,28)/b7-6-,10-9-/t21-/m0/s1. The molecule has 0 aliphatic rings. The van der Waals surface area contributed by atoms with E-state index < -0.39 is 18.6 Å². The fourth-order valence-electron chi connectivity index (χ4n) is 2.90. The van der Waals surface area contributed by atoms with Gasteiger partial charge in [0, 0.05) is 6.42 Å². The minimum absolute atomic E-state index is 0.302. The second kappa shape index (κ2) is 20.1. The van der Waals surface area contributed by atoms with E-state index in [-0.39, 0.29) is 5.91 Å². The lowest BCUT2D eigenvalue weighted by atomic mass is 10.1. The summed E-state index contributed by atoms with van der Waals surface area (Å²) in [6, 6.07) is -1.19. The zero-order chi connectivity index (χ0) is 20.9. The summed E-state index contributed by atoms with van der Waals surface area (Å²) in [5.41, 5.74) is 0. The lowest BCUT2D eigenvalue weighted by Gasteiger charge is -2.11. The first kappa shape index (κ1) is 26.4. The highest BCUT2D eigenvalue weighted by atomic mass is 16.4. The molecule has 0 aliphatic heterocycles. The van der Waals surface area contributed by atoms with Gasteiger partial charge in [-0.3, -0.25) is 4.79 Å². The number of allylic oxidation sites excluding steroid dienone is 4. The van der Waals surface area contributed by atoms with E-state index >= 15 is 0 Å². The predicted octanol–water partition coefficient (Wildman–Crippen LogP) is 5.14. The molecule has 5 nitrogen and oxygen atoms in total. The van der Waals surface area contributed by atoms with Crippen molar-refractivity contribution in [2.24, 2.45) is 0 Å². The Hall–Kier alpha value is -1.62. The Labute approximate surface area is 171 Å². The zero-order valence-electron chi connectivity index (χ0n) is 17.7. The highest BCUT2D eigenvalue weighted by molar-refractivity contribution is 5.83. The molecule has 28 heavy (non-hydrogen) atoms. The van der Waals surface area contributed by atoms with Crippen molar-refractivity contribution in [3.8, 4) is 0 Å². The monoisotopic (exact) mass is 395 g/mol. The van der Waals surface area contributed by atoms with Crippen molar-refractivity contribution < 1.29 is 19.8 Å². The number of hydrogen-bond donors (Lipinski definition) is 3. The summed E-state index contributed by atoms with van der Waals surface area (Å²) in [6.45, 7) is 1.65. The topological polar surface area (TPSA) is 86.6 Å². The molecular weight excluding hydrogens is 354 g/mol. The number of carbonyl (C=O) groups is 2. The maximum atomic E-state index is 11.6. The van der Waals surface area contributed by atoms with Crippen molar-refractivity contribution in [2.45, 2.75) is 103 Å². The van der Waals surface area contributed by atoms with Gasteiger partial charge in [-0.25, -0.2) is 4.79 Å². The number of rotatable bonds is 19. The lowest BCUT2D eigenvalue weighted by molar-refractivity contribution is -0.142. The Morgan fingerprint density at radius 3 is 1.89 bits per heavy atom. The molecule has 1 atom stereocenters. The molecule has 0 spiro atoms. The number of nitrogens with one attached hydrogen (secondary N) is 1. The molecule has 0 aromatic rings. The molecule has 0 fully saturated rings. The van der Waals surface area contributed by atoms with Crippen LogP contribution in [-0.2, 0) is 9.59 Å². The summed E-state index contributed by atoms with van der Waals surface area (Å²) in [5, 5.41) is 19.9. The van der Waals surface area contributed by atoms with E-state index in [4.69, 9.17) is 10.2 Å². The van der Waals surface area contributed by atoms with Crippen LogP contribution in [0.3, 0.4) is 0 Å². The molecule has 0 aromatic heterocycles. The number of amides is 1. The van der Waals surface area contributed by atoms with Crippen molar-refractivity contribution in [1.82, 2.24) is 5.32 Å². The average Bonchev–Trinajstić information content (AvgIpc) is 2.68. The second-order valence-corrected chi connectivity index (χ2v) is 7.33. The largest absolute Gasteiger partial charge is 0.480 e. The fourth-order valence-corrected chi connectivity index (χ4v) is 2.90. The van der Waals surface area contributed by atoms with Gasteiger partial charge in [0.25, 0.3) is 0 Å². The molecule has 5 heteroatoms. The van der Waals surface area contributed by atoms with Gasteiger partial charge < -0.3 is 15.5 Å². The number of carboxylic acid groups (broad SMARTS) is 1. The summed E-state index contributed by atoms with van der Waals surface area (Å²) in [6.07, 6.45) is 24.5. The third-order valence-corrected chi connectivity index (χ3v) is 4.67. The quantitative estimate of drug-likeness (QED) is 0.209. The Morgan fingerprint density at radius 2 is 1.36 bits per heavy atom. The SMILES string of the molecule is CCCCC/C=C\C/C=C\CCCCCCCCCC(=O)N[C@@H](CO)C(=O)O. The van der Waals surface area contributed by atoms with Gasteiger partial charge in [-0.2, -0.15) is 0 Å². The van der Waals surface area contributed by atoms with Crippen molar-refractivity contribution in [3.63, 3.8) is 0 Å². The number of aliphatic hydroxyl groups excluding tert-OH is 1. The first-order valence-electron chi connectivity index (χ1n) is 11.0. The van der Waals surface area contributed by atoms with Crippen LogP contribution in [0.2, 0.25) is 0 Å². The molecule has 0 heterocycles. The Kier molecular flexibility index (Phi) is 19.0. The van der Waals surface area contributed by atoms with Crippen LogP contribution in [-0.4, -0.2) is 34.7 Å². The first-order valence-corrected chi connectivity index (χ1v) is 11.0. The van der Waals surface area contributed by atoms with E-state index in [0.717, 1.165) is 32.1 Å². The number of carbonyl (C=O) groups excluding carboxylic acids is 1. The molecule has 0 rings (SSSR count).